The molecule has 1 N–H and O–H groups in total. The minimum Gasteiger partial charge on any atom is -0.488 e. The summed E-state index contributed by atoms with van der Waals surface area (Å²) in [5.41, 5.74) is 3.85. The summed E-state index contributed by atoms with van der Waals surface area (Å²) in [5.74, 6) is 0.324. The van der Waals surface area contributed by atoms with Crippen molar-refractivity contribution in [2.24, 2.45) is 0 Å². The number of halogens is 1. The Hall–Kier alpha value is -3.64. The van der Waals surface area contributed by atoms with Crippen molar-refractivity contribution in [1.82, 2.24) is 4.98 Å². The van der Waals surface area contributed by atoms with E-state index in [0.29, 0.717) is 12.4 Å². The number of ether oxygens (including phenoxy) is 1. The summed E-state index contributed by atoms with van der Waals surface area (Å²) in [6, 6.07) is 28.0. The average molecular weight is 501 g/mol. The van der Waals surface area contributed by atoms with Crippen molar-refractivity contribution in [3.8, 4) is 5.75 Å². The Morgan fingerprint density at radius 2 is 1.70 bits per heavy atom. The quantitative estimate of drug-likeness (QED) is 0.192. The molecule has 0 spiro atoms. The van der Waals surface area contributed by atoms with Crippen LogP contribution in [0.4, 0.5) is 0 Å². The van der Waals surface area contributed by atoms with Gasteiger partial charge in [-0.05, 0) is 61.6 Å². The molecular formula is C27H21BrN2O3. The number of rotatable bonds is 7. The van der Waals surface area contributed by atoms with Gasteiger partial charge in [0.25, 0.3) is 0 Å². The van der Waals surface area contributed by atoms with Gasteiger partial charge in [-0.2, -0.15) is 0 Å². The van der Waals surface area contributed by atoms with Crippen LogP contribution in [0.5, 0.6) is 5.75 Å². The Balaban J connectivity index is 1.43. The largest absolute Gasteiger partial charge is 0.488 e. The fourth-order valence-electron chi connectivity index (χ4n) is 4.34. The van der Waals surface area contributed by atoms with E-state index in [1.54, 1.807) is 0 Å². The summed E-state index contributed by atoms with van der Waals surface area (Å²) in [7, 11) is 0. The van der Waals surface area contributed by atoms with Gasteiger partial charge in [0.05, 0.1) is 10.4 Å². The van der Waals surface area contributed by atoms with Crippen LogP contribution in [0, 0.1) is 10.1 Å². The van der Waals surface area contributed by atoms with Gasteiger partial charge in [-0.15, -0.1) is 0 Å². The van der Waals surface area contributed by atoms with Crippen molar-refractivity contribution in [2.45, 2.75) is 12.5 Å². The molecule has 1 heterocycles. The van der Waals surface area contributed by atoms with Crippen LogP contribution in [-0.2, 0) is 6.61 Å². The highest BCUT2D eigenvalue weighted by molar-refractivity contribution is 9.10. The third kappa shape index (κ3) is 4.34. The molecule has 0 saturated carbocycles. The van der Waals surface area contributed by atoms with Crippen molar-refractivity contribution < 1.29 is 9.66 Å². The van der Waals surface area contributed by atoms with Crippen LogP contribution < -0.4 is 4.74 Å². The highest BCUT2D eigenvalue weighted by atomic mass is 79.9. The van der Waals surface area contributed by atoms with Gasteiger partial charge in [-0.25, -0.2) is 0 Å². The summed E-state index contributed by atoms with van der Waals surface area (Å²) in [6.07, 6.45) is 1.87. The summed E-state index contributed by atoms with van der Waals surface area (Å²) in [5, 5.41) is 14.8. The van der Waals surface area contributed by atoms with Gasteiger partial charge < -0.3 is 9.72 Å². The molecule has 1 aromatic heterocycles. The van der Waals surface area contributed by atoms with E-state index in [2.05, 4.69) is 45.2 Å². The lowest BCUT2D eigenvalue weighted by atomic mass is 9.91. The predicted octanol–water partition coefficient (Wildman–Crippen LogP) is 7.07. The van der Waals surface area contributed by atoms with E-state index >= 15 is 0 Å². The van der Waals surface area contributed by atoms with Gasteiger partial charge in [0.1, 0.15) is 12.4 Å². The molecule has 5 rings (SSSR count). The molecule has 1 atom stereocenters. The fraction of sp³-hybridized carbons (Fsp3) is 0.111. The van der Waals surface area contributed by atoms with E-state index in [1.807, 2.05) is 66.9 Å². The number of aromatic nitrogens is 1. The maximum Gasteiger partial charge on any atom is 0.214 e. The molecule has 0 fully saturated rings. The molecule has 0 aliphatic heterocycles. The van der Waals surface area contributed by atoms with Crippen LogP contribution in [0.25, 0.3) is 21.7 Å². The molecule has 5 nitrogen and oxygen atoms in total. The highest BCUT2D eigenvalue weighted by Crippen LogP contribution is 2.35. The molecule has 0 aliphatic rings. The Morgan fingerprint density at radius 3 is 2.52 bits per heavy atom. The molecule has 0 radical (unpaired) electrons. The lowest BCUT2D eigenvalue weighted by molar-refractivity contribution is -0.481. The lowest BCUT2D eigenvalue weighted by Gasteiger charge is -2.16. The molecular weight excluding hydrogens is 480 g/mol. The normalized spacial score (nSPS) is 12.2. The number of benzene rings is 4. The molecule has 0 unspecified atom stereocenters. The maximum atomic E-state index is 11.5. The molecule has 5 aromatic rings. The maximum absolute atomic E-state index is 11.5. The molecule has 33 heavy (non-hydrogen) atoms. The van der Waals surface area contributed by atoms with Gasteiger partial charge in [-0.3, -0.25) is 10.1 Å². The van der Waals surface area contributed by atoms with Gasteiger partial charge in [-0.1, -0.05) is 66.7 Å². The SMILES string of the molecule is O=[N+]([O-])C[C@H](c1ccc(OCc2cccc3ccccc23)c(Br)c1)c1c[nH]c2ccccc12. The Bertz CT molecular complexity index is 1460. The third-order valence-electron chi connectivity index (χ3n) is 5.95. The number of hydrogen-bond donors (Lipinski definition) is 1. The highest BCUT2D eigenvalue weighted by Gasteiger charge is 2.24. The summed E-state index contributed by atoms with van der Waals surface area (Å²) in [6.45, 7) is 0.241. The molecule has 4 aromatic carbocycles. The number of nitro groups is 1. The molecule has 0 aliphatic carbocycles. The number of hydrogen-bond acceptors (Lipinski definition) is 3. The molecule has 6 heteroatoms. The number of nitrogens with zero attached hydrogens (tertiary/aromatic N) is 1. The fourth-order valence-corrected chi connectivity index (χ4v) is 4.85. The zero-order valence-electron chi connectivity index (χ0n) is 17.7. The van der Waals surface area contributed by atoms with Crippen molar-refractivity contribution >= 4 is 37.6 Å². The number of fused-ring (bicyclic) bond motifs is 2. The average Bonchev–Trinajstić information content (AvgIpc) is 3.25. The second-order valence-corrected chi connectivity index (χ2v) is 8.83. The Kier molecular flexibility index (Phi) is 5.84. The van der Waals surface area contributed by atoms with Crippen molar-refractivity contribution in [2.75, 3.05) is 6.54 Å². The van der Waals surface area contributed by atoms with Gasteiger partial charge in [0, 0.05) is 22.0 Å². The molecule has 0 bridgehead atoms. The van der Waals surface area contributed by atoms with E-state index in [1.165, 1.54) is 5.39 Å². The number of aromatic amines is 1. The van der Waals surface area contributed by atoms with Crippen LogP contribution in [0.15, 0.2) is 95.6 Å². The van der Waals surface area contributed by atoms with E-state index in [0.717, 1.165) is 37.5 Å². The second-order valence-electron chi connectivity index (χ2n) is 7.97. The first kappa shape index (κ1) is 21.2. The van der Waals surface area contributed by atoms with Crippen LogP contribution in [0.1, 0.15) is 22.6 Å². The monoisotopic (exact) mass is 500 g/mol. The van der Waals surface area contributed by atoms with E-state index in [4.69, 9.17) is 4.74 Å². The standard InChI is InChI=1S/C27H21BrN2O3/c28-25-14-19(24(16-30(31)32)23-15-29-26-11-4-3-10-22(23)26)12-13-27(25)33-17-20-8-5-7-18-6-1-2-9-21(18)20/h1-15,24,29H,16-17H2/t24-/m1/s1. The van der Waals surface area contributed by atoms with Crippen LogP contribution in [-0.4, -0.2) is 16.5 Å². The minimum atomic E-state index is -0.375. The van der Waals surface area contributed by atoms with Gasteiger partial charge in [0.2, 0.25) is 6.54 Å². The van der Waals surface area contributed by atoms with Crippen molar-refractivity contribution in [3.63, 3.8) is 0 Å². The zero-order valence-corrected chi connectivity index (χ0v) is 19.3. The number of H-pyrrole nitrogens is 1. The van der Waals surface area contributed by atoms with E-state index in [9.17, 15) is 10.1 Å². The first-order valence-electron chi connectivity index (χ1n) is 10.7. The first-order chi connectivity index (χ1) is 16.1. The van der Waals surface area contributed by atoms with Crippen LogP contribution >= 0.6 is 15.9 Å². The predicted molar refractivity (Wildman–Crippen MR) is 134 cm³/mol. The number of para-hydroxylation sites is 1. The van der Waals surface area contributed by atoms with Crippen molar-refractivity contribution in [1.29, 1.82) is 0 Å². The Labute approximate surface area is 199 Å². The number of nitrogens with one attached hydrogen (secondary N) is 1. The Morgan fingerprint density at radius 1 is 0.939 bits per heavy atom. The van der Waals surface area contributed by atoms with Crippen LogP contribution in [0.3, 0.4) is 0 Å². The molecule has 0 saturated heterocycles. The topological polar surface area (TPSA) is 68.2 Å². The minimum absolute atomic E-state index is 0.190. The summed E-state index contributed by atoms with van der Waals surface area (Å²) < 4.78 is 6.89. The third-order valence-corrected chi connectivity index (χ3v) is 6.57. The van der Waals surface area contributed by atoms with E-state index in [-0.39, 0.29) is 17.4 Å². The first-order valence-corrected chi connectivity index (χ1v) is 11.5. The molecule has 164 valence electrons. The lowest BCUT2D eigenvalue weighted by Crippen LogP contribution is -2.14. The smallest absolute Gasteiger partial charge is 0.214 e. The zero-order chi connectivity index (χ0) is 22.8. The second kappa shape index (κ2) is 9.08. The summed E-state index contributed by atoms with van der Waals surface area (Å²) in [4.78, 5) is 14.5. The van der Waals surface area contributed by atoms with Gasteiger partial charge >= 0.3 is 0 Å². The van der Waals surface area contributed by atoms with E-state index < -0.39 is 0 Å². The summed E-state index contributed by atoms with van der Waals surface area (Å²) >= 11 is 3.62. The van der Waals surface area contributed by atoms with Crippen LogP contribution in [0.2, 0.25) is 0 Å². The van der Waals surface area contributed by atoms with Crippen molar-refractivity contribution in [3.05, 3.63) is 122 Å². The molecule has 0 amide bonds. The van der Waals surface area contributed by atoms with Gasteiger partial charge in [0.15, 0.2) is 0 Å².